The number of benzene rings is 4. The number of hydrogen-bond acceptors (Lipinski definition) is 7. The molecule has 0 unspecified atom stereocenters. The molecule has 4 nitrogen and oxygen atoms in total. The van der Waals surface area contributed by atoms with E-state index in [2.05, 4.69) is 66.1 Å². The van der Waals surface area contributed by atoms with Crippen LogP contribution in [0.5, 0.6) is 0 Å². The summed E-state index contributed by atoms with van der Waals surface area (Å²) in [5.41, 5.74) is 6.59. The third-order valence-electron chi connectivity index (χ3n) is 7.81. The van der Waals surface area contributed by atoms with E-state index < -0.39 is 0 Å². The fourth-order valence-corrected chi connectivity index (χ4v) is 51.2. The Labute approximate surface area is 532 Å². The van der Waals surface area contributed by atoms with Gasteiger partial charge in [0.2, 0.25) is 11.7 Å². The summed E-state index contributed by atoms with van der Waals surface area (Å²) in [6, 6.07) is 31.2. The van der Waals surface area contributed by atoms with Gasteiger partial charge in [-0.2, -0.15) is 0 Å². The second-order valence-electron chi connectivity index (χ2n) is 12.4. The summed E-state index contributed by atoms with van der Waals surface area (Å²) in [6.07, 6.45) is 17.4. The number of nitrogens with zero attached hydrogens (tertiary/aromatic N) is 1. The normalized spacial score (nSPS) is 9.13. The average molecular weight is 1510 g/mol. The van der Waals surface area contributed by atoms with Gasteiger partial charge in [-0.1, -0.05) is 122 Å². The van der Waals surface area contributed by atoms with Crippen molar-refractivity contribution in [3.05, 3.63) is 153 Å². The van der Waals surface area contributed by atoms with Gasteiger partial charge in [-0.15, -0.1) is 6.42 Å². The zero-order valence-electron chi connectivity index (χ0n) is 39.5. The minimum absolute atomic E-state index is 0.0340. The van der Waals surface area contributed by atoms with Gasteiger partial charge >= 0.3 is 0 Å². The summed E-state index contributed by atoms with van der Waals surface area (Å²) in [7, 11) is 37.5. The number of carbonyl (C=O) groups excluding carboxylic acids is 2. The highest BCUT2D eigenvalue weighted by Gasteiger charge is 2.05. The van der Waals surface area contributed by atoms with Gasteiger partial charge in [0.25, 0.3) is 0 Å². The van der Waals surface area contributed by atoms with Crippen LogP contribution in [0.3, 0.4) is 0 Å². The SMILES string of the molecule is C#Cc1ccc(CC)cc1.CCc1ccc(C#CC(=O)CC/C=C/c2ccc(Cl)cc2)cc1.CON(C)C(=O)CC/C=C/c1ccc(Cl)cc1.S=S=S=S=S=S=S=S=S=S=S=S.S=S=S=S=S=S=S=S=S=S=S=S=S. The van der Waals surface area contributed by atoms with Crippen molar-refractivity contribution in [2.24, 2.45) is 0 Å². The molecule has 0 atom stereocenters. The molecule has 0 saturated heterocycles. The smallest absolute Gasteiger partial charge is 0.246 e. The summed E-state index contributed by atoms with van der Waals surface area (Å²) < 4.78 is 0. The predicted molar refractivity (Wildman–Crippen MR) is 395 cm³/mol. The maximum atomic E-state index is 11.8. The first-order valence-corrected chi connectivity index (χ1v) is 51.8. The third kappa shape index (κ3) is 48.0. The van der Waals surface area contributed by atoms with Gasteiger partial charge in [0.1, 0.15) is 0 Å². The highest BCUT2D eigenvalue weighted by Crippen LogP contribution is 2.12. The molecule has 0 aromatic heterocycles. The molecule has 0 aliphatic carbocycles. The minimum Gasteiger partial charge on any atom is -0.285 e. The van der Waals surface area contributed by atoms with E-state index in [0.29, 0.717) is 25.7 Å². The highest BCUT2D eigenvalue weighted by atomic mass is 35.5. The molecular weight excluding hydrogens is 1460 g/mol. The molecule has 4 rings (SSSR count). The molecular formula is C44H45Cl2NO3S25. The Morgan fingerprint density at radius 2 is 0.867 bits per heavy atom. The van der Waals surface area contributed by atoms with Crippen molar-refractivity contribution in [2.45, 2.75) is 52.4 Å². The molecule has 4 aromatic rings. The predicted octanol–water partition coefficient (Wildman–Crippen LogP) is 10.6. The number of Topliss-reactive ketones (excluding diaryl/α,β-unsaturated/α-hetero) is 1. The molecule has 0 spiro atoms. The summed E-state index contributed by atoms with van der Waals surface area (Å²) in [4.78, 5) is 27.9. The Bertz CT molecular complexity index is 3470. The van der Waals surface area contributed by atoms with Crippen molar-refractivity contribution in [2.75, 3.05) is 14.2 Å². The number of hydrogen-bond donors (Lipinski definition) is 0. The van der Waals surface area contributed by atoms with Crippen LogP contribution in [-0.2, 0) is 259 Å². The maximum absolute atomic E-state index is 11.8. The quantitative estimate of drug-likeness (QED) is 0.110. The van der Waals surface area contributed by atoms with Gasteiger partial charge in [-0.25, -0.2) is 5.06 Å². The molecule has 0 fully saturated rings. The molecule has 75 heavy (non-hydrogen) atoms. The largest absolute Gasteiger partial charge is 0.285 e. The number of aryl methyl sites for hydroxylation is 2. The monoisotopic (exact) mass is 1500 g/mol. The molecule has 408 valence electrons. The zero-order valence-corrected chi connectivity index (χ0v) is 61.4. The number of terminal acetylenes is 1. The lowest BCUT2D eigenvalue weighted by atomic mass is 10.1. The molecule has 1 amide bonds. The van der Waals surface area contributed by atoms with E-state index in [1.807, 2.05) is 109 Å². The van der Waals surface area contributed by atoms with Crippen LogP contribution < -0.4 is 0 Å². The average Bonchev–Trinajstić information content (AvgIpc) is 3.44. The summed E-state index contributed by atoms with van der Waals surface area (Å²) >= 11 is 30.4. The van der Waals surface area contributed by atoms with Crippen molar-refractivity contribution in [1.82, 2.24) is 5.06 Å². The lowest BCUT2D eigenvalue weighted by molar-refractivity contribution is -0.168. The van der Waals surface area contributed by atoms with Crippen LogP contribution in [0.4, 0.5) is 0 Å². The molecule has 0 N–H and O–H groups in total. The molecule has 0 saturated carbocycles. The molecule has 0 aliphatic rings. The third-order valence-corrected chi connectivity index (χ3v) is 50.5. The Balaban J connectivity index is 0.000000945. The first-order valence-electron chi connectivity index (χ1n) is 20.3. The lowest BCUT2D eigenvalue weighted by Gasteiger charge is -2.12. The van der Waals surface area contributed by atoms with Crippen LogP contribution in [0.25, 0.3) is 12.2 Å². The number of carbonyl (C=O) groups is 2. The van der Waals surface area contributed by atoms with Gasteiger partial charge in [0.05, 0.1) is 7.11 Å². The number of rotatable bonds is 11. The second-order valence-corrected chi connectivity index (χ2v) is 50.4. The van der Waals surface area contributed by atoms with E-state index in [1.54, 1.807) is 158 Å². The van der Waals surface area contributed by atoms with Gasteiger partial charge in [0, 0.05) is 272 Å². The first kappa shape index (κ1) is 75.7. The van der Waals surface area contributed by atoms with Crippen molar-refractivity contribution in [3.8, 4) is 24.2 Å². The van der Waals surface area contributed by atoms with Crippen LogP contribution in [0.15, 0.2) is 109 Å². The van der Waals surface area contributed by atoms with Crippen LogP contribution in [0.2, 0.25) is 10.0 Å². The fourth-order valence-electron chi connectivity index (χ4n) is 4.32. The topological polar surface area (TPSA) is 46.6 Å². The summed E-state index contributed by atoms with van der Waals surface area (Å²) in [5, 5.41) is 2.68. The zero-order chi connectivity index (χ0) is 55.4. The van der Waals surface area contributed by atoms with Gasteiger partial charge in [-0.05, 0) is 102 Å². The molecule has 0 aliphatic heterocycles. The van der Waals surface area contributed by atoms with Crippen molar-refractivity contribution in [3.63, 3.8) is 0 Å². The first-order chi connectivity index (χ1) is 36.5. The molecule has 0 heterocycles. The number of allylic oxidation sites excluding steroid dienone is 2. The molecule has 31 heteroatoms. The van der Waals surface area contributed by atoms with Crippen LogP contribution in [0.1, 0.15) is 72.9 Å². The van der Waals surface area contributed by atoms with E-state index in [4.69, 9.17) is 56.8 Å². The molecule has 0 bridgehead atoms. The van der Waals surface area contributed by atoms with Gasteiger partial charge in [0.15, 0.2) is 0 Å². The van der Waals surface area contributed by atoms with E-state index in [0.717, 1.165) is 45.1 Å². The number of hydroxylamine groups is 2. The van der Waals surface area contributed by atoms with Crippen LogP contribution >= 0.6 is 23.2 Å². The lowest BCUT2D eigenvalue weighted by Crippen LogP contribution is -2.24. The Morgan fingerprint density at radius 1 is 0.533 bits per heavy atom. The standard InChI is InChI=1S/C21H19ClO.C13H16ClNO2.C10H10.S13.S12/c1-2-17-7-9-19(10-8-17)13-16-21(23)6-4-3-5-18-11-14-20(22)15-12-18;1-15(17-2)13(16)6-4-3-5-11-7-9-12(14)10-8-11;1-3-9-5-7-10(4-2)8-6-9;1-3-5-7-9-11-13-12-10-8-6-4-2;1-3-5-7-9-11-12-10-8-6-4-2/h3,5,7-12,14-15H,2,4,6H2,1H3;3,5,7-10H,4,6H2,1-2H3;1,5-8H,4H2,2H3;;/b2*5-3+;;;. The van der Waals surface area contributed by atoms with Gasteiger partial charge in [-0.3, -0.25) is 14.4 Å². The Morgan fingerprint density at radius 3 is 1.19 bits per heavy atom. The van der Waals surface area contributed by atoms with E-state index in [-0.39, 0.29) is 11.7 Å². The van der Waals surface area contributed by atoms with Crippen molar-refractivity contribution >= 4 is 278 Å². The minimum atomic E-state index is -0.0367. The van der Waals surface area contributed by atoms with E-state index in [1.165, 1.54) is 58.8 Å². The van der Waals surface area contributed by atoms with Crippen molar-refractivity contribution < 1.29 is 14.4 Å². The van der Waals surface area contributed by atoms with Crippen molar-refractivity contribution in [1.29, 1.82) is 0 Å². The summed E-state index contributed by atoms with van der Waals surface area (Å²) in [6.45, 7) is 4.24. The van der Waals surface area contributed by atoms with E-state index >= 15 is 0 Å². The number of halogens is 2. The maximum Gasteiger partial charge on any atom is 0.246 e. The number of ketones is 1. The summed E-state index contributed by atoms with van der Waals surface area (Å²) in [5.74, 6) is 8.13. The van der Waals surface area contributed by atoms with Crippen LogP contribution in [-0.4, -0.2) is 30.9 Å². The molecule has 0 radical (unpaired) electrons. The highest BCUT2D eigenvalue weighted by molar-refractivity contribution is 8.76. The van der Waals surface area contributed by atoms with Gasteiger partial charge < -0.3 is 0 Å². The second kappa shape index (κ2) is 56.5. The molecule has 4 aromatic carbocycles. The Hall–Kier alpha value is 0.660. The fraction of sp³-hybridized carbons (Fsp3) is 0.227. The van der Waals surface area contributed by atoms with Crippen LogP contribution in [0, 0.1) is 24.2 Å². The number of amides is 1. The van der Waals surface area contributed by atoms with E-state index in [9.17, 15) is 9.59 Å². The Kier molecular flexibility index (Phi) is 57.0.